The highest BCUT2D eigenvalue weighted by atomic mass is 32.2. The van der Waals surface area contributed by atoms with Gasteiger partial charge in [-0.15, -0.1) is 13.2 Å². The van der Waals surface area contributed by atoms with Crippen LogP contribution in [0.25, 0.3) is 45.0 Å². The number of oxazole rings is 1. The second-order valence-corrected chi connectivity index (χ2v) is 11.4. The zero-order chi connectivity index (χ0) is 28.8. The summed E-state index contributed by atoms with van der Waals surface area (Å²) in [5.41, 5.74) is 5.41. The first kappa shape index (κ1) is 27.2. The van der Waals surface area contributed by atoms with E-state index in [2.05, 4.69) is 14.8 Å². The quantitative estimate of drug-likeness (QED) is 0.220. The predicted molar refractivity (Wildman–Crippen MR) is 144 cm³/mol. The summed E-state index contributed by atoms with van der Waals surface area (Å²) in [5, 5.41) is 4.46. The fraction of sp³-hybridized carbons (Fsp3) is 0.172. The Balaban J connectivity index is 1.70. The van der Waals surface area contributed by atoms with E-state index in [9.17, 15) is 21.6 Å². The maximum atomic E-state index is 12.7. The average Bonchev–Trinajstić information content (AvgIpc) is 3.43. The van der Waals surface area contributed by atoms with Crippen LogP contribution in [0.15, 0.2) is 82.1 Å². The Morgan fingerprint density at radius 2 is 1.55 bits per heavy atom. The summed E-state index contributed by atoms with van der Waals surface area (Å²) >= 11 is 0. The van der Waals surface area contributed by atoms with E-state index in [0.717, 1.165) is 28.8 Å². The lowest BCUT2D eigenvalue weighted by Crippen LogP contribution is -2.16. The minimum atomic E-state index is -4.80. The van der Waals surface area contributed by atoms with Gasteiger partial charge >= 0.3 is 6.36 Å². The maximum Gasteiger partial charge on any atom is 0.573 e. The summed E-state index contributed by atoms with van der Waals surface area (Å²) in [6.45, 7) is 3.56. The van der Waals surface area contributed by atoms with Gasteiger partial charge in [-0.1, -0.05) is 24.3 Å². The van der Waals surface area contributed by atoms with Gasteiger partial charge in [0.25, 0.3) is 0 Å². The van der Waals surface area contributed by atoms with E-state index in [-0.39, 0.29) is 10.6 Å². The summed E-state index contributed by atoms with van der Waals surface area (Å²) in [4.78, 5) is 4.73. The third kappa shape index (κ3) is 5.64. The Labute approximate surface area is 228 Å². The summed E-state index contributed by atoms with van der Waals surface area (Å²) in [5.74, 6) is 0.408. The number of aryl methyl sites for hydroxylation is 3. The van der Waals surface area contributed by atoms with E-state index < -0.39 is 16.2 Å². The van der Waals surface area contributed by atoms with Gasteiger partial charge in [0.1, 0.15) is 11.4 Å². The number of ether oxygens (including phenoxy) is 1. The molecule has 40 heavy (non-hydrogen) atoms. The minimum Gasteiger partial charge on any atom is -0.440 e. The maximum absolute atomic E-state index is 12.7. The highest BCUT2D eigenvalue weighted by Crippen LogP contribution is 2.41. The van der Waals surface area contributed by atoms with Crippen molar-refractivity contribution in [3.05, 3.63) is 84.4 Å². The second-order valence-electron chi connectivity index (χ2n) is 9.34. The molecule has 0 unspecified atom stereocenters. The third-order valence-electron chi connectivity index (χ3n) is 6.23. The molecule has 5 rings (SSSR count). The zero-order valence-electron chi connectivity index (χ0n) is 21.9. The largest absolute Gasteiger partial charge is 0.573 e. The van der Waals surface area contributed by atoms with Crippen LogP contribution in [0.2, 0.25) is 0 Å². The van der Waals surface area contributed by atoms with Crippen LogP contribution in [0.5, 0.6) is 5.75 Å². The average molecular weight is 568 g/mol. The topological polar surface area (TPSA) is 87.2 Å². The number of rotatable bonds is 6. The molecule has 0 aliphatic heterocycles. The smallest absolute Gasteiger partial charge is 0.440 e. The molecule has 0 atom stereocenters. The number of halogens is 3. The van der Waals surface area contributed by atoms with Gasteiger partial charge in [-0.3, -0.25) is 4.68 Å². The van der Waals surface area contributed by atoms with Gasteiger partial charge in [-0.25, -0.2) is 13.4 Å². The summed E-state index contributed by atoms with van der Waals surface area (Å²) in [6, 6.07) is 19.6. The highest BCUT2D eigenvalue weighted by molar-refractivity contribution is 7.90. The third-order valence-corrected chi connectivity index (χ3v) is 7.34. The van der Waals surface area contributed by atoms with Gasteiger partial charge in [0.15, 0.2) is 21.5 Å². The lowest BCUT2D eigenvalue weighted by Gasteiger charge is -2.13. The number of nitrogens with zero attached hydrogens (tertiary/aromatic N) is 3. The molecule has 2 aromatic heterocycles. The van der Waals surface area contributed by atoms with Crippen LogP contribution in [0.4, 0.5) is 13.2 Å². The van der Waals surface area contributed by atoms with Gasteiger partial charge < -0.3 is 9.15 Å². The van der Waals surface area contributed by atoms with Crippen molar-refractivity contribution in [1.29, 1.82) is 0 Å². The van der Waals surface area contributed by atoms with Crippen LogP contribution in [-0.2, 0) is 16.9 Å². The second kappa shape index (κ2) is 9.98. The van der Waals surface area contributed by atoms with Crippen molar-refractivity contribution in [2.45, 2.75) is 25.1 Å². The molecule has 11 heteroatoms. The Bertz CT molecular complexity index is 1820. The number of aromatic nitrogens is 3. The van der Waals surface area contributed by atoms with Gasteiger partial charge in [0.05, 0.1) is 16.3 Å². The van der Waals surface area contributed by atoms with E-state index in [1.165, 1.54) is 30.3 Å². The summed E-state index contributed by atoms with van der Waals surface area (Å²) in [7, 11) is -1.60. The molecule has 0 bridgehead atoms. The molecule has 5 aromatic rings. The molecule has 0 saturated carbocycles. The van der Waals surface area contributed by atoms with E-state index in [0.29, 0.717) is 34.0 Å². The first-order valence-corrected chi connectivity index (χ1v) is 14.0. The van der Waals surface area contributed by atoms with Crippen molar-refractivity contribution < 1.29 is 30.7 Å². The molecule has 0 aliphatic rings. The van der Waals surface area contributed by atoms with Crippen LogP contribution in [-0.4, -0.2) is 35.8 Å². The van der Waals surface area contributed by atoms with Crippen LogP contribution in [0, 0.1) is 13.8 Å². The number of hydrogen-bond donors (Lipinski definition) is 0. The Hall–Kier alpha value is -4.38. The Kier molecular flexibility index (Phi) is 6.79. The molecule has 0 saturated heterocycles. The Morgan fingerprint density at radius 1 is 0.875 bits per heavy atom. The van der Waals surface area contributed by atoms with Gasteiger partial charge in [-0.2, -0.15) is 5.10 Å². The van der Waals surface area contributed by atoms with Crippen molar-refractivity contribution in [1.82, 2.24) is 14.8 Å². The zero-order valence-corrected chi connectivity index (χ0v) is 22.8. The standard InChI is InChI=1S/C29H24F3N3O4S/c1-17-14-26(35(3)34-17)24-13-10-21(20-6-5-7-23(15-20)40(4,36)37)16-25(24)28-27(33-18(2)38-28)19-8-11-22(12-9-19)39-29(30,31)32/h5-16H,1-4H3. The molecule has 0 radical (unpaired) electrons. The first-order chi connectivity index (χ1) is 18.8. The van der Waals surface area contributed by atoms with Crippen molar-refractivity contribution in [3.63, 3.8) is 0 Å². The van der Waals surface area contributed by atoms with Crippen LogP contribution >= 0.6 is 0 Å². The Morgan fingerprint density at radius 3 is 2.17 bits per heavy atom. The molecular weight excluding hydrogens is 543 g/mol. The molecular formula is C29H24F3N3O4S. The monoisotopic (exact) mass is 567 g/mol. The minimum absolute atomic E-state index is 0.190. The lowest BCUT2D eigenvalue weighted by molar-refractivity contribution is -0.274. The van der Waals surface area contributed by atoms with Gasteiger partial charge in [0.2, 0.25) is 0 Å². The van der Waals surface area contributed by atoms with E-state index in [1.54, 1.807) is 23.7 Å². The lowest BCUT2D eigenvalue weighted by atomic mass is 9.94. The molecule has 7 nitrogen and oxygen atoms in total. The summed E-state index contributed by atoms with van der Waals surface area (Å²) < 4.78 is 74.2. The molecule has 3 aromatic carbocycles. The number of benzene rings is 3. The fourth-order valence-corrected chi connectivity index (χ4v) is 5.19. The predicted octanol–water partition coefficient (Wildman–Crippen LogP) is 7.00. The SMILES string of the molecule is Cc1cc(-c2ccc(-c3cccc(S(C)(=O)=O)c3)cc2-c2oc(C)nc2-c2ccc(OC(F)(F)F)cc2)n(C)n1. The molecule has 2 heterocycles. The first-order valence-electron chi connectivity index (χ1n) is 12.1. The van der Waals surface area contributed by atoms with Gasteiger partial charge in [-0.05, 0) is 66.6 Å². The fourth-order valence-electron chi connectivity index (χ4n) is 4.52. The highest BCUT2D eigenvalue weighted by Gasteiger charge is 2.31. The van der Waals surface area contributed by atoms with E-state index >= 15 is 0 Å². The molecule has 0 fully saturated rings. The molecule has 0 amide bonds. The van der Waals surface area contributed by atoms with Crippen LogP contribution < -0.4 is 4.74 Å². The molecule has 0 aliphatic carbocycles. The molecule has 0 N–H and O–H groups in total. The number of sulfone groups is 1. The van der Waals surface area contributed by atoms with Crippen molar-refractivity contribution in [3.8, 4) is 50.7 Å². The normalized spacial score (nSPS) is 12.1. The van der Waals surface area contributed by atoms with E-state index in [4.69, 9.17) is 4.42 Å². The van der Waals surface area contributed by atoms with Crippen molar-refractivity contribution >= 4 is 9.84 Å². The molecule has 206 valence electrons. The number of alkyl halides is 3. The van der Waals surface area contributed by atoms with Crippen LogP contribution in [0.3, 0.4) is 0 Å². The van der Waals surface area contributed by atoms with Crippen molar-refractivity contribution in [2.24, 2.45) is 7.05 Å². The number of hydrogen-bond acceptors (Lipinski definition) is 6. The van der Waals surface area contributed by atoms with Crippen LogP contribution in [0.1, 0.15) is 11.6 Å². The van der Waals surface area contributed by atoms with Gasteiger partial charge in [0, 0.05) is 36.9 Å². The van der Waals surface area contributed by atoms with Crippen molar-refractivity contribution in [2.75, 3.05) is 6.26 Å². The van der Waals surface area contributed by atoms with E-state index in [1.807, 2.05) is 44.3 Å². The molecule has 0 spiro atoms. The summed E-state index contributed by atoms with van der Waals surface area (Å²) in [6.07, 6.45) is -3.65.